The maximum atomic E-state index is 11.5. The van der Waals surface area contributed by atoms with Crippen molar-refractivity contribution < 1.29 is 9.53 Å². The molecule has 0 bridgehead atoms. The van der Waals surface area contributed by atoms with Gasteiger partial charge in [0.05, 0.1) is 11.9 Å². The van der Waals surface area contributed by atoms with Crippen molar-refractivity contribution in [2.75, 3.05) is 6.54 Å². The molecule has 3 rings (SSSR count). The number of carbonyl (C=O) groups is 1. The number of thiazole rings is 1. The molecule has 0 spiro atoms. The molecule has 2 aromatic heterocycles. The van der Waals surface area contributed by atoms with E-state index >= 15 is 0 Å². The minimum absolute atomic E-state index is 0.186. The number of pyridine rings is 1. The number of aryl methyl sites for hydroxylation is 1. The number of amides is 1. The number of hydrogen-bond donors (Lipinski definition) is 1. The van der Waals surface area contributed by atoms with Gasteiger partial charge in [0, 0.05) is 30.0 Å². The van der Waals surface area contributed by atoms with E-state index in [0.29, 0.717) is 13.2 Å². The van der Waals surface area contributed by atoms with Gasteiger partial charge in [-0.15, -0.1) is 11.3 Å². The molecule has 5 nitrogen and oxygen atoms in total. The quantitative estimate of drug-likeness (QED) is 0.852. The Balaban J connectivity index is 1.42. The van der Waals surface area contributed by atoms with E-state index in [1.165, 1.54) is 0 Å². The van der Waals surface area contributed by atoms with Gasteiger partial charge in [-0.25, -0.2) is 4.98 Å². The number of aromatic nitrogens is 2. The first kappa shape index (κ1) is 15.0. The zero-order valence-corrected chi connectivity index (χ0v) is 13.4. The lowest BCUT2D eigenvalue weighted by molar-refractivity contribution is -0.122. The van der Waals surface area contributed by atoms with Crippen LogP contribution in [-0.4, -0.2) is 22.4 Å². The van der Waals surface area contributed by atoms with Crippen LogP contribution in [0.3, 0.4) is 0 Å². The van der Waals surface area contributed by atoms with E-state index in [-0.39, 0.29) is 11.8 Å². The molecule has 1 amide bonds. The molecular formula is C16H19N3O2S. The first-order valence-corrected chi connectivity index (χ1v) is 8.35. The summed E-state index contributed by atoms with van der Waals surface area (Å²) in [6.07, 6.45) is 4.56. The van der Waals surface area contributed by atoms with Crippen LogP contribution in [0.15, 0.2) is 23.7 Å². The lowest BCUT2D eigenvalue weighted by Crippen LogP contribution is -2.26. The van der Waals surface area contributed by atoms with Crippen LogP contribution in [0, 0.1) is 12.8 Å². The normalized spacial score (nSPS) is 13.9. The summed E-state index contributed by atoms with van der Waals surface area (Å²) in [5, 5.41) is 5.91. The molecule has 0 saturated heterocycles. The number of hydrogen-bond acceptors (Lipinski definition) is 5. The van der Waals surface area contributed by atoms with Gasteiger partial charge < -0.3 is 10.1 Å². The minimum atomic E-state index is 0.186. The number of carbonyl (C=O) groups excluding carboxylic acids is 1. The summed E-state index contributed by atoms with van der Waals surface area (Å²) in [7, 11) is 0. The number of nitrogens with one attached hydrogen (secondary N) is 1. The third-order valence-corrected chi connectivity index (χ3v) is 4.35. The molecule has 0 atom stereocenters. The van der Waals surface area contributed by atoms with Gasteiger partial charge >= 0.3 is 0 Å². The predicted molar refractivity (Wildman–Crippen MR) is 84.9 cm³/mol. The first-order valence-electron chi connectivity index (χ1n) is 7.47. The number of nitrogens with zero attached hydrogens (tertiary/aromatic N) is 2. The second-order valence-corrected chi connectivity index (χ2v) is 6.41. The Hall–Kier alpha value is -1.95. The van der Waals surface area contributed by atoms with Crippen molar-refractivity contribution in [3.8, 4) is 5.75 Å². The molecule has 0 aliphatic heterocycles. The molecule has 2 aromatic rings. The summed E-state index contributed by atoms with van der Waals surface area (Å²) < 4.78 is 5.66. The van der Waals surface area contributed by atoms with Crippen molar-refractivity contribution in [2.45, 2.75) is 32.8 Å². The highest BCUT2D eigenvalue weighted by Crippen LogP contribution is 2.28. The van der Waals surface area contributed by atoms with E-state index in [4.69, 9.17) is 4.74 Å². The summed E-state index contributed by atoms with van der Waals surface area (Å²) in [6, 6.07) is 3.83. The topological polar surface area (TPSA) is 64.1 Å². The van der Waals surface area contributed by atoms with Crippen LogP contribution in [0.4, 0.5) is 0 Å². The number of rotatable bonds is 7. The third kappa shape index (κ3) is 4.27. The molecule has 1 fully saturated rings. The molecule has 0 radical (unpaired) electrons. The Morgan fingerprint density at radius 2 is 2.32 bits per heavy atom. The number of ether oxygens (including phenoxy) is 1. The van der Waals surface area contributed by atoms with Crippen molar-refractivity contribution in [1.82, 2.24) is 15.3 Å². The second kappa shape index (κ2) is 6.87. The van der Waals surface area contributed by atoms with Gasteiger partial charge in [0.1, 0.15) is 17.4 Å². The van der Waals surface area contributed by atoms with Crippen LogP contribution in [-0.2, 0) is 17.8 Å². The van der Waals surface area contributed by atoms with Crippen molar-refractivity contribution in [3.63, 3.8) is 0 Å². The van der Waals surface area contributed by atoms with Crippen LogP contribution >= 0.6 is 11.3 Å². The van der Waals surface area contributed by atoms with Crippen LogP contribution in [0.5, 0.6) is 5.75 Å². The minimum Gasteiger partial charge on any atom is -0.485 e. The largest absolute Gasteiger partial charge is 0.485 e. The molecule has 1 N–H and O–H groups in total. The smallest absolute Gasteiger partial charge is 0.223 e. The molecule has 1 aliphatic rings. The average Bonchev–Trinajstić information content (AvgIpc) is 3.28. The maximum Gasteiger partial charge on any atom is 0.223 e. The van der Waals surface area contributed by atoms with Crippen LogP contribution in [0.2, 0.25) is 0 Å². The van der Waals surface area contributed by atoms with Gasteiger partial charge in [0.25, 0.3) is 0 Å². The molecule has 22 heavy (non-hydrogen) atoms. The standard InChI is InChI=1S/C16H19N3O2S/c1-11-2-5-14(8-18-11)21-9-15-19-13(10-22-15)6-7-17-16(20)12-3-4-12/h2,5,8,10,12H,3-4,6-7,9H2,1H3,(H,17,20). The van der Waals surface area contributed by atoms with Gasteiger partial charge in [-0.3, -0.25) is 9.78 Å². The lowest BCUT2D eigenvalue weighted by atomic mass is 10.3. The van der Waals surface area contributed by atoms with Gasteiger partial charge in [-0.1, -0.05) is 0 Å². The Morgan fingerprint density at radius 3 is 3.05 bits per heavy atom. The van der Waals surface area contributed by atoms with Crippen molar-refractivity contribution in [1.29, 1.82) is 0 Å². The average molecular weight is 317 g/mol. The second-order valence-electron chi connectivity index (χ2n) is 5.47. The Labute approximate surface area is 133 Å². The fourth-order valence-electron chi connectivity index (χ4n) is 2.02. The Kier molecular flexibility index (Phi) is 4.68. The van der Waals surface area contributed by atoms with Crippen LogP contribution in [0.25, 0.3) is 0 Å². The van der Waals surface area contributed by atoms with Gasteiger partial charge in [-0.2, -0.15) is 0 Å². The molecule has 0 aromatic carbocycles. The Morgan fingerprint density at radius 1 is 1.45 bits per heavy atom. The molecule has 2 heterocycles. The van der Waals surface area contributed by atoms with E-state index in [1.807, 2.05) is 24.4 Å². The summed E-state index contributed by atoms with van der Waals surface area (Å²) in [4.78, 5) is 20.2. The highest BCUT2D eigenvalue weighted by Gasteiger charge is 2.29. The van der Waals surface area contributed by atoms with Crippen molar-refractivity contribution in [2.24, 2.45) is 5.92 Å². The molecule has 6 heteroatoms. The monoisotopic (exact) mass is 317 g/mol. The Bertz CT molecular complexity index is 635. The third-order valence-electron chi connectivity index (χ3n) is 3.47. The molecule has 1 aliphatic carbocycles. The van der Waals surface area contributed by atoms with Crippen molar-refractivity contribution >= 4 is 17.2 Å². The summed E-state index contributed by atoms with van der Waals surface area (Å²) in [6.45, 7) is 3.05. The van der Waals surface area contributed by atoms with Crippen LogP contribution < -0.4 is 10.1 Å². The maximum absolute atomic E-state index is 11.5. The zero-order valence-electron chi connectivity index (χ0n) is 12.5. The molecular weight excluding hydrogens is 298 g/mol. The summed E-state index contributed by atoms with van der Waals surface area (Å²) >= 11 is 1.58. The summed E-state index contributed by atoms with van der Waals surface area (Å²) in [5.74, 6) is 1.20. The molecule has 1 saturated carbocycles. The van der Waals surface area contributed by atoms with Crippen molar-refractivity contribution in [3.05, 3.63) is 40.1 Å². The SMILES string of the molecule is Cc1ccc(OCc2nc(CCNC(=O)C3CC3)cs2)cn1. The lowest BCUT2D eigenvalue weighted by Gasteiger charge is -2.03. The van der Waals surface area contributed by atoms with Gasteiger partial charge in [0.2, 0.25) is 5.91 Å². The molecule has 116 valence electrons. The van der Waals surface area contributed by atoms with E-state index in [2.05, 4.69) is 15.3 Å². The zero-order chi connectivity index (χ0) is 15.4. The van der Waals surface area contributed by atoms with Gasteiger partial charge in [-0.05, 0) is 31.9 Å². The van der Waals surface area contributed by atoms with Gasteiger partial charge in [0.15, 0.2) is 0 Å². The van der Waals surface area contributed by atoms with E-state index < -0.39 is 0 Å². The first-order chi connectivity index (χ1) is 10.7. The highest BCUT2D eigenvalue weighted by molar-refractivity contribution is 7.09. The highest BCUT2D eigenvalue weighted by atomic mass is 32.1. The fourth-order valence-corrected chi connectivity index (χ4v) is 2.76. The fraction of sp³-hybridized carbons (Fsp3) is 0.438. The van der Waals surface area contributed by atoms with E-state index in [1.54, 1.807) is 17.5 Å². The molecule has 0 unspecified atom stereocenters. The van der Waals surface area contributed by atoms with Crippen LogP contribution in [0.1, 0.15) is 29.2 Å². The van der Waals surface area contributed by atoms with E-state index in [0.717, 1.165) is 41.4 Å². The predicted octanol–water partition coefficient (Wildman–Crippen LogP) is 2.49. The van der Waals surface area contributed by atoms with E-state index in [9.17, 15) is 4.79 Å². The summed E-state index contributed by atoms with van der Waals surface area (Å²) in [5.41, 5.74) is 1.97.